The van der Waals surface area contributed by atoms with Crippen LogP contribution >= 0.6 is 0 Å². The molecule has 2 aliphatic rings. The van der Waals surface area contributed by atoms with Crippen LogP contribution in [0.1, 0.15) is 47.8 Å². The summed E-state index contributed by atoms with van der Waals surface area (Å²) in [6, 6.07) is 5.96. The van der Waals surface area contributed by atoms with E-state index < -0.39 is 6.10 Å². The Bertz CT molecular complexity index is 771. The molecule has 1 fully saturated rings. The lowest BCUT2D eigenvalue weighted by molar-refractivity contribution is -0.131. The zero-order valence-corrected chi connectivity index (χ0v) is 14.0. The lowest BCUT2D eigenvalue weighted by Gasteiger charge is -2.25. The molecule has 132 valence electrons. The maximum Gasteiger partial charge on any atom is 0.229 e. The first-order valence-electron chi connectivity index (χ1n) is 8.90. The maximum absolute atomic E-state index is 13.2. The molecule has 1 aliphatic heterocycles. The Hall–Kier alpha value is -2.21. The van der Waals surface area contributed by atoms with Crippen molar-refractivity contribution in [1.29, 1.82) is 0 Å². The number of aliphatic hydroxyl groups excluding tert-OH is 1. The molecular formula is C19H22FN3O2. The molecule has 0 bridgehead atoms. The Morgan fingerprint density at radius 1 is 1.28 bits per heavy atom. The van der Waals surface area contributed by atoms with Crippen LogP contribution in [0.3, 0.4) is 0 Å². The van der Waals surface area contributed by atoms with Crippen molar-refractivity contribution in [2.75, 3.05) is 6.54 Å². The SMILES string of the molecule is O=C(Cc1n[nH]c2c1CCCC2)N1C[C@H](O)C[C@H]1c1ccc(F)cc1. The van der Waals surface area contributed by atoms with Crippen LogP contribution in [0, 0.1) is 5.82 Å². The number of fused-ring (bicyclic) bond motifs is 1. The smallest absolute Gasteiger partial charge is 0.229 e. The van der Waals surface area contributed by atoms with Gasteiger partial charge >= 0.3 is 0 Å². The van der Waals surface area contributed by atoms with E-state index in [1.54, 1.807) is 17.0 Å². The van der Waals surface area contributed by atoms with Crippen molar-refractivity contribution in [3.8, 4) is 0 Å². The Morgan fingerprint density at radius 3 is 2.84 bits per heavy atom. The predicted octanol–water partition coefficient (Wildman–Crippen LogP) is 2.30. The van der Waals surface area contributed by atoms with Gasteiger partial charge in [0.2, 0.25) is 5.91 Å². The third-order valence-corrected chi connectivity index (χ3v) is 5.31. The molecule has 0 unspecified atom stereocenters. The first kappa shape index (κ1) is 16.3. The molecule has 6 heteroatoms. The van der Waals surface area contributed by atoms with Gasteiger partial charge in [0, 0.05) is 12.2 Å². The number of hydrogen-bond acceptors (Lipinski definition) is 3. The molecule has 4 rings (SSSR count). The number of aromatic nitrogens is 2. The Morgan fingerprint density at radius 2 is 2.04 bits per heavy atom. The van der Waals surface area contributed by atoms with Crippen LogP contribution in [-0.2, 0) is 24.1 Å². The van der Waals surface area contributed by atoms with Gasteiger partial charge in [0.25, 0.3) is 0 Å². The minimum absolute atomic E-state index is 0.0363. The highest BCUT2D eigenvalue weighted by molar-refractivity contribution is 5.79. The van der Waals surface area contributed by atoms with Crippen LogP contribution in [0.25, 0.3) is 0 Å². The standard InChI is InChI=1S/C19H22FN3O2/c20-13-7-5-12(6-8-13)18-9-14(24)11-23(18)19(25)10-17-15-3-1-2-4-16(15)21-22-17/h5-8,14,18,24H,1-4,9-11H2,(H,21,22)/t14-,18+/m1/s1. The number of rotatable bonds is 3. The average Bonchev–Trinajstić information content (AvgIpc) is 3.20. The van der Waals surface area contributed by atoms with Crippen LogP contribution in [0.15, 0.2) is 24.3 Å². The molecule has 5 nitrogen and oxygen atoms in total. The van der Waals surface area contributed by atoms with Gasteiger partial charge in [-0.25, -0.2) is 4.39 Å². The quantitative estimate of drug-likeness (QED) is 0.898. The van der Waals surface area contributed by atoms with Gasteiger partial charge in [0.1, 0.15) is 5.82 Å². The number of aromatic amines is 1. The summed E-state index contributed by atoms with van der Waals surface area (Å²) in [4.78, 5) is 14.6. The van der Waals surface area contributed by atoms with Gasteiger partial charge in [-0.1, -0.05) is 12.1 Å². The van der Waals surface area contributed by atoms with E-state index in [0.717, 1.165) is 42.6 Å². The Kier molecular flexibility index (Phi) is 4.29. The molecule has 0 spiro atoms. The van der Waals surface area contributed by atoms with E-state index in [2.05, 4.69) is 10.2 Å². The second-order valence-corrected chi connectivity index (χ2v) is 7.01. The second kappa shape index (κ2) is 6.59. The van der Waals surface area contributed by atoms with Gasteiger partial charge in [0.15, 0.2) is 0 Å². The summed E-state index contributed by atoms with van der Waals surface area (Å²) in [6.45, 7) is 0.313. The molecule has 2 N–H and O–H groups in total. The third kappa shape index (κ3) is 3.18. The first-order chi connectivity index (χ1) is 12.1. The third-order valence-electron chi connectivity index (χ3n) is 5.31. The minimum atomic E-state index is -0.549. The number of aliphatic hydroxyl groups is 1. The summed E-state index contributed by atoms with van der Waals surface area (Å²) in [7, 11) is 0. The van der Waals surface area contributed by atoms with Crippen LogP contribution in [0.5, 0.6) is 0 Å². The van der Waals surface area contributed by atoms with Gasteiger partial charge < -0.3 is 10.0 Å². The van der Waals surface area contributed by atoms with E-state index in [9.17, 15) is 14.3 Å². The number of H-pyrrole nitrogens is 1. The van der Waals surface area contributed by atoms with Crippen LogP contribution in [0.4, 0.5) is 4.39 Å². The van der Waals surface area contributed by atoms with Crippen molar-refractivity contribution in [2.45, 2.75) is 50.7 Å². The number of amides is 1. The number of carbonyl (C=O) groups is 1. The first-order valence-corrected chi connectivity index (χ1v) is 8.90. The number of hydrogen-bond donors (Lipinski definition) is 2. The monoisotopic (exact) mass is 343 g/mol. The number of nitrogens with zero attached hydrogens (tertiary/aromatic N) is 2. The van der Waals surface area contributed by atoms with Gasteiger partial charge in [-0.3, -0.25) is 9.89 Å². The fourth-order valence-electron chi connectivity index (χ4n) is 4.03. The average molecular weight is 343 g/mol. The number of β-amino-alcohol motifs (C(OH)–C–C–N with tert-alkyl or cyclic N) is 1. The van der Waals surface area contributed by atoms with Crippen molar-refractivity contribution in [3.63, 3.8) is 0 Å². The normalized spacial score (nSPS) is 22.9. The zero-order chi connectivity index (χ0) is 17.4. The molecule has 0 radical (unpaired) electrons. The topological polar surface area (TPSA) is 69.2 Å². The second-order valence-electron chi connectivity index (χ2n) is 7.01. The van der Waals surface area contributed by atoms with E-state index in [0.29, 0.717) is 13.0 Å². The van der Waals surface area contributed by atoms with Crippen LogP contribution in [-0.4, -0.2) is 38.8 Å². The summed E-state index contributed by atoms with van der Waals surface area (Å²) in [6.07, 6.45) is 4.44. The highest BCUT2D eigenvalue weighted by Gasteiger charge is 2.35. The lowest BCUT2D eigenvalue weighted by Crippen LogP contribution is -2.33. The molecule has 1 aromatic heterocycles. The van der Waals surface area contributed by atoms with Gasteiger partial charge in [-0.15, -0.1) is 0 Å². The number of carbonyl (C=O) groups excluding carboxylic acids is 1. The summed E-state index contributed by atoms with van der Waals surface area (Å²) < 4.78 is 13.2. The van der Waals surface area contributed by atoms with E-state index >= 15 is 0 Å². The van der Waals surface area contributed by atoms with E-state index in [-0.39, 0.29) is 24.2 Å². The molecule has 1 saturated heterocycles. The molecule has 1 aromatic carbocycles. The zero-order valence-electron chi connectivity index (χ0n) is 14.0. The van der Waals surface area contributed by atoms with Crippen molar-refractivity contribution >= 4 is 5.91 Å². The summed E-state index contributed by atoms with van der Waals surface area (Å²) in [5.74, 6) is -0.339. The van der Waals surface area contributed by atoms with Crippen LogP contribution in [0.2, 0.25) is 0 Å². The maximum atomic E-state index is 13.2. The number of halogens is 1. The van der Waals surface area contributed by atoms with Crippen molar-refractivity contribution in [3.05, 3.63) is 52.6 Å². The molecule has 2 heterocycles. The Labute approximate surface area is 145 Å². The number of aryl methyl sites for hydroxylation is 1. The fraction of sp³-hybridized carbons (Fsp3) is 0.474. The molecule has 25 heavy (non-hydrogen) atoms. The molecule has 2 aromatic rings. The van der Waals surface area contributed by atoms with E-state index in [4.69, 9.17) is 0 Å². The summed E-state index contributed by atoms with van der Waals surface area (Å²) in [5.41, 5.74) is 4.04. The van der Waals surface area contributed by atoms with Crippen molar-refractivity contribution < 1.29 is 14.3 Å². The molecule has 2 atom stereocenters. The van der Waals surface area contributed by atoms with Gasteiger partial charge in [-0.2, -0.15) is 5.10 Å². The number of nitrogens with one attached hydrogen (secondary N) is 1. The molecule has 1 amide bonds. The van der Waals surface area contributed by atoms with Gasteiger partial charge in [0.05, 0.1) is 24.3 Å². The lowest BCUT2D eigenvalue weighted by atomic mass is 9.95. The highest BCUT2D eigenvalue weighted by atomic mass is 19.1. The van der Waals surface area contributed by atoms with Crippen molar-refractivity contribution in [1.82, 2.24) is 15.1 Å². The minimum Gasteiger partial charge on any atom is -0.391 e. The van der Waals surface area contributed by atoms with Crippen LogP contribution < -0.4 is 0 Å². The fourth-order valence-corrected chi connectivity index (χ4v) is 4.03. The van der Waals surface area contributed by atoms with Gasteiger partial charge in [-0.05, 0) is 55.4 Å². The summed E-state index contributed by atoms with van der Waals surface area (Å²) >= 11 is 0. The highest BCUT2D eigenvalue weighted by Crippen LogP contribution is 2.33. The predicted molar refractivity (Wildman–Crippen MR) is 90.4 cm³/mol. The molecule has 1 aliphatic carbocycles. The number of benzene rings is 1. The van der Waals surface area contributed by atoms with E-state index in [1.165, 1.54) is 17.7 Å². The summed E-state index contributed by atoms with van der Waals surface area (Å²) in [5, 5.41) is 17.5. The van der Waals surface area contributed by atoms with E-state index in [1.807, 2.05) is 0 Å². The Balaban J connectivity index is 1.53. The van der Waals surface area contributed by atoms with Crippen molar-refractivity contribution in [2.24, 2.45) is 0 Å². The molecule has 0 saturated carbocycles. The number of likely N-dealkylation sites (tertiary alicyclic amines) is 1. The molecular weight excluding hydrogens is 321 g/mol. The largest absolute Gasteiger partial charge is 0.391 e.